The van der Waals surface area contributed by atoms with Gasteiger partial charge in [-0.25, -0.2) is 13.4 Å². The maximum absolute atomic E-state index is 13.1. The van der Waals surface area contributed by atoms with Crippen LogP contribution in [0.3, 0.4) is 0 Å². The molecule has 0 radical (unpaired) electrons. The third-order valence-corrected chi connectivity index (χ3v) is 10.5. The van der Waals surface area contributed by atoms with Crippen molar-refractivity contribution in [2.75, 3.05) is 18.8 Å². The molecule has 3 aromatic rings. The number of rotatable bonds is 4. The van der Waals surface area contributed by atoms with Crippen LogP contribution >= 0.6 is 38.9 Å². The van der Waals surface area contributed by atoms with Crippen molar-refractivity contribution in [2.24, 2.45) is 0 Å². The van der Waals surface area contributed by atoms with E-state index in [1.165, 1.54) is 11.3 Å². The molecule has 1 unspecified atom stereocenters. The number of carbonyl (C=O) groups excluding carboxylic acids is 1. The molecule has 0 bridgehead atoms. The Bertz CT molecular complexity index is 1230. The van der Waals surface area contributed by atoms with Gasteiger partial charge in [-0.05, 0) is 46.6 Å². The summed E-state index contributed by atoms with van der Waals surface area (Å²) in [5.74, 6) is -0.343. The van der Waals surface area contributed by atoms with Crippen molar-refractivity contribution in [1.82, 2.24) is 9.88 Å². The van der Waals surface area contributed by atoms with Crippen LogP contribution in [-0.4, -0.2) is 43.1 Å². The monoisotopic (exact) mass is 538 g/mol. The van der Waals surface area contributed by atoms with Gasteiger partial charge in [-0.15, -0.1) is 11.3 Å². The average molecular weight is 540 g/mol. The first-order valence-corrected chi connectivity index (χ1v) is 13.3. The fourth-order valence-corrected chi connectivity index (χ4v) is 7.11. The van der Waals surface area contributed by atoms with Gasteiger partial charge in [0, 0.05) is 40.6 Å². The van der Waals surface area contributed by atoms with Gasteiger partial charge in [0.25, 0.3) is 5.91 Å². The lowest BCUT2D eigenvalue weighted by Gasteiger charge is -2.38. The van der Waals surface area contributed by atoms with Gasteiger partial charge in [0.05, 0.1) is 10.8 Å². The third-order valence-electron chi connectivity index (χ3n) is 5.49. The van der Waals surface area contributed by atoms with Crippen molar-refractivity contribution < 1.29 is 13.2 Å². The highest BCUT2D eigenvalue weighted by atomic mass is 79.9. The van der Waals surface area contributed by atoms with Crippen molar-refractivity contribution in [1.29, 1.82) is 0 Å². The Kier molecular flexibility index (Phi) is 6.27. The first-order valence-electron chi connectivity index (χ1n) is 9.65. The Morgan fingerprint density at radius 3 is 2.71 bits per heavy atom. The fourth-order valence-electron chi connectivity index (χ4n) is 3.61. The van der Waals surface area contributed by atoms with Crippen molar-refractivity contribution in [3.8, 4) is 0 Å². The molecule has 1 atom stereocenters. The molecule has 0 spiro atoms. The number of thiazole rings is 1. The number of carbonyl (C=O) groups is 1. The average Bonchev–Trinajstić information content (AvgIpc) is 3.21. The number of halogens is 2. The minimum absolute atomic E-state index is 0.0557. The molecule has 1 saturated heterocycles. The van der Waals surface area contributed by atoms with Crippen LogP contribution in [0.15, 0.2) is 59.2 Å². The van der Waals surface area contributed by atoms with Crippen molar-refractivity contribution in [2.45, 2.75) is 18.1 Å². The van der Waals surface area contributed by atoms with Gasteiger partial charge in [0.2, 0.25) is 0 Å². The summed E-state index contributed by atoms with van der Waals surface area (Å²) < 4.78 is 25.6. The second-order valence-corrected chi connectivity index (χ2v) is 12.6. The summed E-state index contributed by atoms with van der Waals surface area (Å²) in [4.78, 5) is 20.1. The smallest absolute Gasteiger partial charge is 0.253 e. The minimum atomic E-state index is -3.48. The maximum atomic E-state index is 13.1. The zero-order chi connectivity index (χ0) is 22.2. The predicted octanol–water partition coefficient (Wildman–Crippen LogP) is 4.94. The van der Waals surface area contributed by atoms with E-state index >= 15 is 0 Å². The molecule has 1 aliphatic rings. The molecule has 0 N–H and O–H groups in total. The minimum Gasteiger partial charge on any atom is -0.336 e. The predicted molar refractivity (Wildman–Crippen MR) is 128 cm³/mol. The molecule has 1 aliphatic heterocycles. The first kappa shape index (κ1) is 22.5. The van der Waals surface area contributed by atoms with E-state index in [9.17, 15) is 13.2 Å². The zero-order valence-electron chi connectivity index (χ0n) is 16.7. The summed E-state index contributed by atoms with van der Waals surface area (Å²) in [6, 6.07) is 15.0. The third kappa shape index (κ3) is 4.44. The number of amides is 1. The topological polar surface area (TPSA) is 67.3 Å². The van der Waals surface area contributed by atoms with E-state index in [0.29, 0.717) is 26.5 Å². The van der Waals surface area contributed by atoms with Crippen molar-refractivity contribution >= 4 is 54.6 Å². The van der Waals surface area contributed by atoms with Gasteiger partial charge in [-0.3, -0.25) is 4.79 Å². The SMILES string of the molecule is CC1(c2ncc(Cc3ccccc3)s2)CN(C(=O)c2ccc(Br)c(Cl)c2)CCS1(=O)=O. The van der Waals surface area contributed by atoms with Crippen LogP contribution in [0.1, 0.15) is 32.7 Å². The highest BCUT2D eigenvalue weighted by Gasteiger charge is 2.48. The van der Waals surface area contributed by atoms with E-state index in [1.807, 2.05) is 30.3 Å². The van der Waals surface area contributed by atoms with Gasteiger partial charge >= 0.3 is 0 Å². The molecular weight excluding hydrogens is 520 g/mol. The second kappa shape index (κ2) is 8.65. The lowest BCUT2D eigenvalue weighted by molar-refractivity contribution is 0.0739. The molecule has 5 nitrogen and oxygen atoms in total. The second-order valence-electron chi connectivity index (χ2n) is 7.70. The highest BCUT2D eigenvalue weighted by molar-refractivity contribution is 9.10. The van der Waals surface area contributed by atoms with Crippen LogP contribution in [0.2, 0.25) is 5.02 Å². The Hall–Kier alpha value is -1.74. The number of hydrogen-bond donors (Lipinski definition) is 0. The maximum Gasteiger partial charge on any atom is 0.253 e. The van der Waals surface area contributed by atoms with E-state index in [1.54, 1.807) is 36.2 Å². The number of hydrogen-bond acceptors (Lipinski definition) is 5. The van der Waals surface area contributed by atoms with Gasteiger partial charge in [0.15, 0.2) is 9.84 Å². The molecule has 31 heavy (non-hydrogen) atoms. The lowest BCUT2D eigenvalue weighted by Crippen LogP contribution is -2.54. The van der Waals surface area contributed by atoms with Gasteiger partial charge < -0.3 is 4.90 Å². The van der Waals surface area contributed by atoms with Crippen LogP contribution in [0, 0.1) is 0 Å². The molecular formula is C22H20BrClN2O3S2. The molecule has 4 rings (SSSR count). The van der Waals surface area contributed by atoms with E-state index < -0.39 is 14.6 Å². The largest absolute Gasteiger partial charge is 0.336 e. The molecule has 162 valence electrons. The van der Waals surface area contributed by atoms with E-state index in [4.69, 9.17) is 11.6 Å². The van der Waals surface area contributed by atoms with E-state index in [2.05, 4.69) is 20.9 Å². The summed E-state index contributed by atoms with van der Waals surface area (Å²) in [6.45, 7) is 1.87. The standard InChI is InChI=1S/C22H20BrClN2O3S2/c1-22(21-25-13-17(30-21)11-15-5-3-2-4-6-15)14-26(9-10-31(22,28)29)20(27)16-7-8-18(23)19(24)12-16/h2-8,12-13H,9-11,14H2,1H3. The zero-order valence-corrected chi connectivity index (χ0v) is 20.7. The summed E-state index contributed by atoms with van der Waals surface area (Å²) in [5, 5.41) is 0.952. The Morgan fingerprint density at radius 1 is 1.26 bits per heavy atom. The van der Waals surface area contributed by atoms with Crippen molar-refractivity contribution in [3.05, 3.63) is 85.2 Å². The van der Waals surface area contributed by atoms with Gasteiger partial charge in [-0.2, -0.15) is 0 Å². The lowest BCUT2D eigenvalue weighted by atomic mass is 10.1. The molecule has 2 heterocycles. The highest BCUT2D eigenvalue weighted by Crippen LogP contribution is 2.38. The number of nitrogens with zero attached hydrogens (tertiary/aromatic N) is 2. The van der Waals surface area contributed by atoms with Crippen LogP contribution in [0.5, 0.6) is 0 Å². The molecule has 0 saturated carbocycles. The van der Waals surface area contributed by atoms with Crippen LogP contribution in [0.4, 0.5) is 0 Å². The van der Waals surface area contributed by atoms with E-state index in [0.717, 1.165) is 10.4 Å². The Balaban J connectivity index is 1.61. The normalized spacial score (nSPS) is 20.5. The van der Waals surface area contributed by atoms with E-state index in [-0.39, 0.29) is 24.7 Å². The van der Waals surface area contributed by atoms with Gasteiger partial charge in [0.1, 0.15) is 9.75 Å². The fraction of sp³-hybridized carbons (Fsp3) is 0.273. The van der Waals surface area contributed by atoms with Crippen LogP contribution < -0.4 is 0 Å². The number of aromatic nitrogens is 1. The summed E-state index contributed by atoms with van der Waals surface area (Å²) in [7, 11) is -3.48. The molecule has 2 aromatic carbocycles. The Labute approximate surface area is 199 Å². The van der Waals surface area contributed by atoms with Crippen LogP contribution in [0.25, 0.3) is 0 Å². The number of benzene rings is 2. The summed E-state index contributed by atoms with van der Waals surface area (Å²) in [5.41, 5.74) is 1.57. The molecule has 9 heteroatoms. The molecule has 1 fully saturated rings. The quantitative estimate of drug-likeness (QED) is 0.471. The van der Waals surface area contributed by atoms with Crippen molar-refractivity contribution in [3.63, 3.8) is 0 Å². The van der Waals surface area contributed by atoms with Crippen LogP contribution in [-0.2, 0) is 21.0 Å². The number of sulfone groups is 1. The summed E-state index contributed by atoms with van der Waals surface area (Å²) >= 11 is 10.9. The van der Waals surface area contributed by atoms with Gasteiger partial charge in [-0.1, -0.05) is 41.9 Å². The molecule has 1 amide bonds. The molecule has 0 aliphatic carbocycles. The Morgan fingerprint density at radius 2 is 2.00 bits per heavy atom. The first-order chi connectivity index (χ1) is 14.7. The summed E-state index contributed by atoms with van der Waals surface area (Å²) in [6.07, 6.45) is 2.43. The molecule has 1 aromatic heterocycles.